The van der Waals surface area contributed by atoms with Crippen molar-refractivity contribution in [1.82, 2.24) is 4.31 Å². The fourth-order valence-electron chi connectivity index (χ4n) is 1.36. The number of nitrogen functional groups attached to an aromatic ring is 1. The minimum absolute atomic E-state index is 0.214. The highest BCUT2D eigenvalue weighted by molar-refractivity contribution is 7.87. The Kier molecular flexibility index (Phi) is 4.61. The number of nitrogens with two attached hydrogens (primary N) is 2. The van der Waals surface area contributed by atoms with Crippen molar-refractivity contribution in [1.29, 1.82) is 0 Å². The van der Waals surface area contributed by atoms with E-state index in [2.05, 4.69) is 0 Å². The summed E-state index contributed by atoms with van der Waals surface area (Å²) in [5.41, 5.74) is 5.82. The molecule has 7 nitrogen and oxygen atoms in total. The number of anilines is 1. The fourth-order valence-corrected chi connectivity index (χ4v) is 1.93. The average molecular weight is 301 g/mol. The van der Waals surface area contributed by atoms with E-state index in [1.807, 2.05) is 0 Å². The third-order valence-electron chi connectivity index (χ3n) is 2.21. The van der Waals surface area contributed by atoms with Crippen molar-refractivity contribution in [3.8, 4) is 0 Å². The molecule has 0 spiro atoms. The van der Waals surface area contributed by atoms with Crippen molar-refractivity contribution in [2.45, 2.75) is 32.9 Å². The average Bonchev–Trinajstić information content (AvgIpc) is 2.24. The molecule has 0 aliphatic carbocycles. The highest BCUT2D eigenvalue weighted by Gasteiger charge is 2.29. The number of hydrogen-bond acceptors (Lipinski definition) is 5. The zero-order valence-electron chi connectivity index (χ0n) is 11.7. The zero-order valence-corrected chi connectivity index (χ0v) is 12.5. The van der Waals surface area contributed by atoms with Crippen LogP contribution in [0, 0.1) is 0 Å². The lowest BCUT2D eigenvalue weighted by atomic mass is 10.2. The Morgan fingerprint density at radius 2 is 1.75 bits per heavy atom. The summed E-state index contributed by atoms with van der Waals surface area (Å²) in [6.07, 6.45) is -1.02. The smallest absolute Gasteiger partial charge is 0.425 e. The predicted octanol–water partition coefficient (Wildman–Crippen LogP) is 1.21. The van der Waals surface area contributed by atoms with Crippen LogP contribution < -0.4 is 10.9 Å². The molecule has 1 amide bonds. The molecule has 0 radical (unpaired) electrons. The number of carbonyl (C=O) groups excluding carboxylic acids is 1. The largest absolute Gasteiger partial charge is 0.443 e. The van der Waals surface area contributed by atoms with Gasteiger partial charge in [-0.3, -0.25) is 0 Å². The van der Waals surface area contributed by atoms with Gasteiger partial charge in [-0.15, -0.1) is 0 Å². The standard InChI is InChI=1S/C12H19N3O4S/c1-12(2,3)19-11(16)15(20(14,17)18)8-9-4-6-10(13)7-5-9/h4-7H,8,13H2,1-3H3,(H2,14,17,18). The third kappa shape index (κ3) is 5.06. The molecule has 0 aromatic heterocycles. The van der Waals surface area contributed by atoms with Crippen LogP contribution in [0.2, 0.25) is 0 Å². The maximum atomic E-state index is 11.9. The second-order valence-corrected chi connectivity index (χ2v) is 6.74. The van der Waals surface area contributed by atoms with Crippen LogP contribution in [0.1, 0.15) is 26.3 Å². The molecule has 1 rings (SSSR count). The molecule has 0 saturated heterocycles. The summed E-state index contributed by atoms with van der Waals surface area (Å²) in [5, 5.41) is 5.05. The lowest BCUT2D eigenvalue weighted by Gasteiger charge is -2.25. The molecule has 4 N–H and O–H groups in total. The van der Waals surface area contributed by atoms with Crippen molar-refractivity contribution >= 4 is 22.0 Å². The Morgan fingerprint density at radius 3 is 2.15 bits per heavy atom. The Labute approximate surface area is 118 Å². The maximum Gasteiger partial charge on any atom is 0.425 e. The molecule has 20 heavy (non-hydrogen) atoms. The molecule has 0 saturated carbocycles. The normalized spacial score (nSPS) is 12.0. The zero-order chi connectivity index (χ0) is 15.6. The number of ether oxygens (including phenoxy) is 1. The summed E-state index contributed by atoms with van der Waals surface area (Å²) >= 11 is 0. The van der Waals surface area contributed by atoms with Crippen molar-refractivity contribution in [2.75, 3.05) is 5.73 Å². The van der Waals surface area contributed by atoms with Crippen molar-refractivity contribution in [2.24, 2.45) is 5.14 Å². The van der Waals surface area contributed by atoms with Crippen LogP contribution in [-0.4, -0.2) is 24.4 Å². The topological polar surface area (TPSA) is 116 Å². The van der Waals surface area contributed by atoms with Crippen LogP contribution in [0.3, 0.4) is 0 Å². The number of amides is 1. The molecule has 8 heteroatoms. The van der Waals surface area contributed by atoms with E-state index in [9.17, 15) is 13.2 Å². The van der Waals surface area contributed by atoms with E-state index in [0.717, 1.165) is 0 Å². The second-order valence-electron chi connectivity index (χ2n) is 5.27. The highest BCUT2D eigenvalue weighted by Crippen LogP contribution is 2.15. The first-order chi connectivity index (χ1) is 8.99. The van der Waals surface area contributed by atoms with E-state index in [-0.39, 0.29) is 6.54 Å². The molecule has 0 unspecified atom stereocenters. The third-order valence-corrected chi connectivity index (χ3v) is 3.10. The lowest BCUT2D eigenvalue weighted by molar-refractivity contribution is 0.0381. The fraction of sp³-hybridized carbons (Fsp3) is 0.417. The van der Waals surface area contributed by atoms with Gasteiger partial charge in [0, 0.05) is 5.69 Å². The van der Waals surface area contributed by atoms with Gasteiger partial charge in [0.2, 0.25) is 0 Å². The molecule has 0 bridgehead atoms. The molecule has 1 aromatic rings. The summed E-state index contributed by atoms with van der Waals surface area (Å²) in [6, 6.07) is 6.42. The van der Waals surface area contributed by atoms with E-state index in [1.165, 1.54) is 0 Å². The first kappa shape index (κ1) is 16.3. The molecule has 0 fully saturated rings. The summed E-state index contributed by atoms with van der Waals surface area (Å²) in [7, 11) is -4.22. The molecule has 1 aromatic carbocycles. The number of benzene rings is 1. The number of nitrogens with zero attached hydrogens (tertiary/aromatic N) is 1. The van der Waals surface area contributed by atoms with Gasteiger partial charge in [0.25, 0.3) is 0 Å². The first-order valence-electron chi connectivity index (χ1n) is 5.87. The van der Waals surface area contributed by atoms with Gasteiger partial charge in [0.1, 0.15) is 5.60 Å². The molecule has 112 valence electrons. The van der Waals surface area contributed by atoms with Crippen LogP contribution in [-0.2, 0) is 21.5 Å². The van der Waals surface area contributed by atoms with Crippen molar-refractivity contribution < 1.29 is 17.9 Å². The van der Waals surface area contributed by atoms with Gasteiger partial charge in [-0.05, 0) is 38.5 Å². The first-order valence-corrected chi connectivity index (χ1v) is 7.37. The van der Waals surface area contributed by atoms with Crippen LogP contribution in [0.25, 0.3) is 0 Å². The summed E-state index contributed by atoms with van der Waals surface area (Å²) in [4.78, 5) is 11.9. The van der Waals surface area contributed by atoms with Crippen molar-refractivity contribution in [3.05, 3.63) is 29.8 Å². The quantitative estimate of drug-likeness (QED) is 0.814. The van der Waals surface area contributed by atoms with E-state index in [0.29, 0.717) is 15.6 Å². The van der Waals surface area contributed by atoms with Crippen LogP contribution in [0.15, 0.2) is 24.3 Å². The maximum absolute atomic E-state index is 11.9. The minimum Gasteiger partial charge on any atom is -0.443 e. The van der Waals surface area contributed by atoms with E-state index < -0.39 is 21.9 Å². The van der Waals surface area contributed by atoms with Gasteiger partial charge in [0.05, 0.1) is 6.54 Å². The number of carbonyl (C=O) groups is 1. The Morgan fingerprint density at radius 1 is 1.25 bits per heavy atom. The predicted molar refractivity (Wildman–Crippen MR) is 75.7 cm³/mol. The molecule has 0 aliphatic rings. The van der Waals surface area contributed by atoms with Gasteiger partial charge < -0.3 is 10.5 Å². The van der Waals surface area contributed by atoms with Gasteiger partial charge in [0.15, 0.2) is 0 Å². The summed E-state index contributed by atoms with van der Waals surface area (Å²) in [5.74, 6) is 0. The van der Waals surface area contributed by atoms with Gasteiger partial charge in [-0.1, -0.05) is 12.1 Å². The van der Waals surface area contributed by atoms with Crippen LogP contribution >= 0.6 is 0 Å². The highest BCUT2D eigenvalue weighted by atomic mass is 32.2. The number of hydrogen-bond donors (Lipinski definition) is 2. The Balaban J connectivity index is 2.97. The van der Waals surface area contributed by atoms with Gasteiger partial charge in [-0.2, -0.15) is 12.7 Å². The molecular weight excluding hydrogens is 282 g/mol. The SMILES string of the molecule is CC(C)(C)OC(=O)N(Cc1ccc(N)cc1)S(N)(=O)=O. The van der Waals surface area contributed by atoms with E-state index >= 15 is 0 Å². The van der Waals surface area contributed by atoms with Crippen LogP contribution in [0.5, 0.6) is 0 Å². The Bertz CT molecular complexity index is 576. The summed E-state index contributed by atoms with van der Waals surface area (Å²) < 4.78 is 28.5. The number of rotatable bonds is 3. The lowest BCUT2D eigenvalue weighted by Crippen LogP contribution is -2.43. The van der Waals surface area contributed by atoms with E-state index in [4.69, 9.17) is 15.6 Å². The molecule has 0 aliphatic heterocycles. The van der Waals surface area contributed by atoms with Crippen molar-refractivity contribution in [3.63, 3.8) is 0 Å². The summed E-state index contributed by atoms with van der Waals surface area (Å²) in [6.45, 7) is 4.69. The van der Waals surface area contributed by atoms with Gasteiger partial charge in [-0.25, -0.2) is 9.93 Å². The minimum atomic E-state index is -4.22. The monoisotopic (exact) mass is 301 g/mol. The molecular formula is C12H19N3O4S. The van der Waals surface area contributed by atoms with Crippen LogP contribution in [0.4, 0.5) is 10.5 Å². The molecule has 0 atom stereocenters. The second kappa shape index (κ2) is 5.68. The molecule has 0 heterocycles. The Hall–Kier alpha value is -1.80. The van der Waals surface area contributed by atoms with E-state index in [1.54, 1.807) is 45.0 Å². The van der Waals surface area contributed by atoms with Gasteiger partial charge >= 0.3 is 16.3 Å².